The van der Waals surface area contributed by atoms with Gasteiger partial charge < -0.3 is 23.7 Å². The lowest BCUT2D eigenvalue weighted by atomic mass is 9.99. The zero-order valence-corrected chi connectivity index (χ0v) is 23.0. The first kappa shape index (κ1) is 30.1. The van der Waals surface area contributed by atoms with E-state index in [1.54, 1.807) is 69.5 Å². The maximum absolute atomic E-state index is 15.2. The summed E-state index contributed by atoms with van der Waals surface area (Å²) in [5, 5.41) is 0. The Balaban J connectivity index is 1.77. The van der Waals surface area contributed by atoms with Gasteiger partial charge in [0, 0.05) is 36.8 Å². The summed E-state index contributed by atoms with van der Waals surface area (Å²) in [6.07, 6.45) is 0.672. The van der Waals surface area contributed by atoms with Crippen LogP contribution in [0.5, 0.6) is 17.2 Å². The number of carbonyl (C=O) groups excluding carboxylic acids is 2. The number of benzene rings is 3. The molecule has 0 fully saturated rings. The van der Waals surface area contributed by atoms with Crippen LogP contribution < -0.4 is 14.2 Å². The van der Waals surface area contributed by atoms with Crippen molar-refractivity contribution in [3.63, 3.8) is 0 Å². The predicted molar refractivity (Wildman–Crippen MR) is 151 cm³/mol. The summed E-state index contributed by atoms with van der Waals surface area (Å²) in [4.78, 5) is 23.3. The van der Waals surface area contributed by atoms with Crippen molar-refractivity contribution in [2.45, 2.75) is 20.3 Å². The first-order chi connectivity index (χ1) is 19.2. The average molecular weight is 549 g/mol. The van der Waals surface area contributed by atoms with E-state index in [1.807, 2.05) is 6.07 Å². The molecule has 8 heteroatoms. The molecule has 0 bridgehead atoms. The van der Waals surface area contributed by atoms with Crippen molar-refractivity contribution in [1.29, 1.82) is 0 Å². The molecule has 3 aromatic rings. The van der Waals surface area contributed by atoms with E-state index < -0.39 is 17.8 Å². The Hall–Kier alpha value is -4.43. The third-order valence-corrected chi connectivity index (χ3v) is 5.64. The van der Waals surface area contributed by atoms with E-state index in [2.05, 4.69) is 13.2 Å². The van der Waals surface area contributed by atoms with Gasteiger partial charge in [-0.2, -0.15) is 0 Å². The Labute approximate surface area is 233 Å². The minimum absolute atomic E-state index is 0.0561. The van der Waals surface area contributed by atoms with Gasteiger partial charge in [-0.1, -0.05) is 43.5 Å². The van der Waals surface area contributed by atoms with Crippen LogP contribution >= 0.6 is 0 Å². The number of carbonyl (C=O) groups is 2. The lowest BCUT2D eigenvalue weighted by molar-refractivity contribution is -0.139. The molecule has 210 valence electrons. The molecule has 7 nitrogen and oxygen atoms in total. The molecule has 0 aliphatic carbocycles. The molecule has 0 aliphatic rings. The lowest BCUT2D eigenvalue weighted by Crippen LogP contribution is -2.13. The van der Waals surface area contributed by atoms with Gasteiger partial charge in [-0.05, 0) is 60.9 Å². The van der Waals surface area contributed by atoms with Crippen LogP contribution in [0.3, 0.4) is 0 Å². The topological polar surface area (TPSA) is 80.3 Å². The van der Waals surface area contributed by atoms with Crippen LogP contribution in [0.25, 0.3) is 22.3 Å². The number of hydrogen-bond acceptors (Lipinski definition) is 7. The molecule has 0 unspecified atom stereocenters. The third-order valence-electron chi connectivity index (χ3n) is 5.64. The zero-order chi connectivity index (χ0) is 29.1. The first-order valence-corrected chi connectivity index (χ1v) is 12.7. The molecule has 3 rings (SSSR count). The maximum atomic E-state index is 15.2. The molecule has 0 radical (unpaired) electrons. The number of hydrogen-bond donors (Lipinski definition) is 0. The lowest BCUT2D eigenvalue weighted by Gasteiger charge is -2.15. The quantitative estimate of drug-likeness (QED) is 0.0978. The summed E-state index contributed by atoms with van der Waals surface area (Å²) in [5.74, 6) is -0.119. The zero-order valence-electron chi connectivity index (χ0n) is 23.0. The van der Waals surface area contributed by atoms with Crippen LogP contribution in [0.15, 0.2) is 85.0 Å². The summed E-state index contributed by atoms with van der Waals surface area (Å²) in [6, 6.07) is 16.9. The second-order valence-corrected chi connectivity index (χ2v) is 9.01. The van der Waals surface area contributed by atoms with Crippen molar-refractivity contribution >= 4 is 11.9 Å². The van der Waals surface area contributed by atoms with E-state index in [0.29, 0.717) is 59.1 Å². The summed E-state index contributed by atoms with van der Waals surface area (Å²) in [7, 11) is 1.62. The highest BCUT2D eigenvalue weighted by Gasteiger charge is 2.13. The molecule has 40 heavy (non-hydrogen) atoms. The normalized spacial score (nSPS) is 10.5. The highest BCUT2D eigenvalue weighted by molar-refractivity contribution is 5.89. The smallest absolute Gasteiger partial charge is 0.338 e. The minimum Gasteiger partial charge on any atom is -0.490 e. The van der Waals surface area contributed by atoms with E-state index in [0.717, 1.165) is 5.56 Å². The largest absolute Gasteiger partial charge is 0.490 e. The highest BCUT2D eigenvalue weighted by Crippen LogP contribution is 2.35. The van der Waals surface area contributed by atoms with Gasteiger partial charge in [0.25, 0.3) is 0 Å². The Morgan fingerprint density at radius 3 is 2.00 bits per heavy atom. The Morgan fingerprint density at radius 2 is 1.35 bits per heavy atom. The molecule has 0 saturated carbocycles. The molecule has 0 spiro atoms. The van der Waals surface area contributed by atoms with E-state index in [-0.39, 0.29) is 18.8 Å². The molecule has 0 aliphatic heterocycles. The first-order valence-electron chi connectivity index (χ1n) is 12.7. The van der Waals surface area contributed by atoms with Crippen LogP contribution in [0, 0.1) is 5.82 Å². The predicted octanol–water partition coefficient (Wildman–Crippen LogP) is 6.55. The molecule has 0 saturated heterocycles. The van der Waals surface area contributed by atoms with E-state index >= 15 is 4.39 Å². The summed E-state index contributed by atoms with van der Waals surface area (Å²) in [5.41, 5.74) is 3.02. The molecule has 0 aromatic heterocycles. The van der Waals surface area contributed by atoms with Crippen LogP contribution in [-0.2, 0) is 19.1 Å². The fourth-order valence-corrected chi connectivity index (χ4v) is 3.54. The molecular formula is C32H33FO7. The van der Waals surface area contributed by atoms with Crippen LogP contribution in [0.2, 0.25) is 0 Å². The van der Waals surface area contributed by atoms with Gasteiger partial charge in [-0.15, -0.1) is 0 Å². The summed E-state index contributed by atoms with van der Waals surface area (Å²) in [6.45, 7) is 11.4. The van der Waals surface area contributed by atoms with Crippen molar-refractivity contribution in [2.75, 3.05) is 33.5 Å². The van der Waals surface area contributed by atoms with Gasteiger partial charge in [0.1, 0.15) is 24.8 Å². The highest BCUT2D eigenvalue weighted by atomic mass is 19.1. The summed E-state index contributed by atoms with van der Waals surface area (Å²) < 4.78 is 42.3. The van der Waals surface area contributed by atoms with Crippen molar-refractivity contribution in [3.05, 3.63) is 90.8 Å². The van der Waals surface area contributed by atoms with Crippen LogP contribution in [0.1, 0.15) is 20.3 Å². The molecule has 0 amide bonds. The molecule has 0 heterocycles. The Bertz CT molecular complexity index is 1360. The number of rotatable bonds is 14. The number of ether oxygens (including phenoxy) is 5. The van der Waals surface area contributed by atoms with Crippen LogP contribution in [-0.4, -0.2) is 45.5 Å². The van der Waals surface area contributed by atoms with Gasteiger partial charge in [-0.3, -0.25) is 0 Å². The van der Waals surface area contributed by atoms with Gasteiger partial charge >= 0.3 is 11.9 Å². The third kappa shape index (κ3) is 8.54. The molecule has 0 atom stereocenters. The van der Waals surface area contributed by atoms with Crippen molar-refractivity contribution in [1.82, 2.24) is 0 Å². The van der Waals surface area contributed by atoms with Crippen molar-refractivity contribution in [2.24, 2.45) is 0 Å². The maximum Gasteiger partial charge on any atom is 0.338 e. The Morgan fingerprint density at radius 1 is 0.725 bits per heavy atom. The van der Waals surface area contributed by atoms with Gasteiger partial charge in [0.05, 0.1) is 6.61 Å². The van der Waals surface area contributed by atoms with E-state index in [1.165, 1.54) is 6.07 Å². The standard InChI is InChI=1S/C32H33FO7/c1-21(2)31(34)39-18-17-38-29-14-10-25(20-30(29)37-16-6-15-36-5)24-9-13-27(28(33)19-24)23-7-11-26(12-8-23)40-32(35)22(3)4/h7-14,19-20H,1,3,6,15-18H2,2,4-5H3. The monoisotopic (exact) mass is 548 g/mol. The SMILES string of the molecule is C=C(C)C(=O)OCCOc1ccc(-c2ccc(-c3ccc(OC(=O)C(=C)C)cc3)c(F)c2)cc1OCCCOC. The molecular weight excluding hydrogens is 515 g/mol. The number of esters is 2. The second kappa shape index (κ2) is 14.6. The van der Waals surface area contributed by atoms with Gasteiger partial charge in [-0.25, -0.2) is 14.0 Å². The molecule has 0 N–H and O–H groups in total. The summed E-state index contributed by atoms with van der Waals surface area (Å²) >= 11 is 0. The van der Waals surface area contributed by atoms with E-state index in [9.17, 15) is 9.59 Å². The number of methoxy groups -OCH3 is 1. The minimum atomic E-state index is -0.520. The van der Waals surface area contributed by atoms with Crippen LogP contribution in [0.4, 0.5) is 4.39 Å². The Kier molecular flexibility index (Phi) is 11.0. The van der Waals surface area contributed by atoms with Crippen molar-refractivity contribution < 1.29 is 37.7 Å². The second-order valence-electron chi connectivity index (χ2n) is 9.01. The van der Waals surface area contributed by atoms with E-state index in [4.69, 9.17) is 23.7 Å². The van der Waals surface area contributed by atoms with Gasteiger partial charge in [0.2, 0.25) is 0 Å². The van der Waals surface area contributed by atoms with Crippen molar-refractivity contribution in [3.8, 4) is 39.5 Å². The fourth-order valence-electron chi connectivity index (χ4n) is 3.54. The molecule has 3 aromatic carbocycles. The van der Waals surface area contributed by atoms with Gasteiger partial charge in [0.15, 0.2) is 11.5 Å². The average Bonchev–Trinajstić information content (AvgIpc) is 2.94. The number of halogens is 1. The fraction of sp³-hybridized carbons (Fsp3) is 0.250.